The van der Waals surface area contributed by atoms with E-state index in [0.29, 0.717) is 5.03 Å². The van der Waals surface area contributed by atoms with Gasteiger partial charge in [-0.05, 0) is 6.08 Å². The molecule has 0 fully saturated rings. The van der Waals surface area contributed by atoms with Crippen molar-refractivity contribution in [2.45, 2.75) is 12.3 Å². The minimum absolute atomic E-state index is 0.217. The predicted octanol–water partition coefficient (Wildman–Crippen LogP) is -0.451. The van der Waals surface area contributed by atoms with Crippen molar-refractivity contribution >= 4 is 11.6 Å². The Kier molecular flexibility index (Phi) is 2.95. The Morgan fingerprint density at radius 2 is 2.31 bits per heavy atom. The van der Waals surface area contributed by atoms with Crippen molar-refractivity contribution in [1.29, 1.82) is 0 Å². The Hall–Kier alpha value is -1.37. The number of aliphatic hydroxyl groups excluding tert-OH is 1. The Balaban J connectivity index is 2.37. The van der Waals surface area contributed by atoms with E-state index in [9.17, 15) is 9.59 Å². The second-order valence-corrected chi connectivity index (χ2v) is 3.71. The Labute approximate surface area is 94.7 Å². The minimum atomic E-state index is -0.789. The van der Waals surface area contributed by atoms with Gasteiger partial charge in [0.05, 0.1) is 11.6 Å². The zero-order valence-corrected chi connectivity index (χ0v) is 8.85. The molecule has 16 heavy (non-hydrogen) atoms. The second kappa shape index (κ2) is 4.25. The van der Waals surface area contributed by atoms with E-state index in [2.05, 4.69) is 4.98 Å². The molecule has 1 aliphatic heterocycles. The van der Waals surface area contributed by atoms with Gasteiger partial charge in [-0.3, -0.25) is 14.3 Å². The lowest BCUT2D eigenvalue weighted by molar-refractivity contribution is -0.0119. The van der Waals surface area contributed by atoms with E-state index >= 15 is 0 Å². The molecule has 86 valence electrons. The molecule has 6 nitrogen and oxygen atoms in total. The highest BCUT2D eigenvalue weighted by atomic mass is 35.5. The lowest BCUT2D eigenvalue weighted by atomic mass is 10.4. The number of nitrogens with one attached hydrogen (secondary N) is 1. The molecule has 1 aromatic heterocycles. The first-order valence-electron chi connectivity index (χ1n) is 4.57. The maximum Gasteiger partial charge on any atom is 0.330 e. The zero-order valence-electron chi connectivity index (χ0n) is 8.09. The predicted molar refractivity (Wildman–Crippen MR) is 56.3 cm³/mol. The van der Waals surface area contributed by atoms with Crippen molar-refractivity contribution in [1.82, 2.24) is 9.55 Å². The monoisotopic (exact) mass is 244 g/mol. The van der Waals surface area contributed by atoms with Crippen LogP contribution in [0, 0.1) is 0 Å². The van der Waals surface area contributed by atoms with Gasteiger partial charge in [-0.1, -0.05) is 11.6 Å². The lowest BCUT2D eigenvalue weighted by Crippen LogP contribution is -2.32. The number of nitrogens with zero attached hydrogens (tertiary/aromatic N) is 1. The number of halogens is 1. The standard InChI is InChI=1S/C9H9ClN2O4/c10-6-3-5(4-13)16-8(6)12-2-1-7(14)11-9(12)15/h1-3,5,8,13H,4H2,(H,11,14,15)/t5-,8+/m0/s1. The van der Waals surface area contributed by atoms with E-state index in [1.54, 1.807) is 0 Å². The first-order valence-corrected chi connectivity index (χ1v) is 4.94. The average Bonchev–Trinajstić information content (AvgIpc) is 2.60. The topological polar surface area (TPSA) is 84.3 Å². The summed E-state index contributed by atoms with van der Waals surface area (Å²) in [6.45, 7) is -0.217. The van der Waals surface area contributed by atoms with Crippen LogP contribution < -0.4 is 11.2 Å². The first kappa shape index (κ1) is 11.1. The van der Waals surface area contributed by atoms with E-state index in [4.69, 9.17) is 21.4 Å². The number of ether oxygens (including phenoxy) is 1. The molecule has 0 aliphatic carbocycles. The molecule has 2 rings (SSSR count). The van der Waals surface area contributed by atoms with Gasteiger partial charge in [-0.15, -0.1) is 0 Å². The van der Waals surface area contributed by atoms with E-state index in [1.807, 2.05) is 0 Å². The molecular weight excluding hydrogens is 236 g/mol. The lowest BCUT2D eigenvalue weighted by Gasteiger charge is -2.15. The van der Waals surface area contributed by atoms with Crippen LogP contribution in [0.4, 0.5) is 0 Å². The molecule has 2 N–H and O–H groups in total. The number of aromatic nitrogens is 2. The highest BCUT2D eigenvalue weighted by Gasteiger charge is 2.27. The molecule has 0 spiro atoms. The van der Waals surface area contributed by atoms with Crippen LogP contribution in [0.2, 0.25) is 0 Å². The maximum atomic E-state index is 11.4. The van der Waals surface area contributed by atoms with Crippen LogP contribution in [0.25, 0.3) is 0 Å². The smallest absolute Gasteiger partial charge is 0.330 e. The highest BCUT2D eigenvalue weighted by molar-refractivity contribution is 6.30. The van der Waals surface area contributed by atoms with Gasteiger partial charge in [0.25, 0.3) is 5.56 Å². The van der Waals surface area contributed by atoms with E-state index in [-0.39, 0.29) is 6.61 Å². The third-order valence-corrected chi connectivity index (χ3v) is 2.48. The molecule has 0 saturated heterocycles. The summed E-state index contributed by atoms with van der Waals surface area (Å²) in [6.07, 6.45) is 1.49. The summed E-state index contributed by atoms with van der Waals surface area (Å²) in [6, 6.07) is 1.20. The van der Waals surface area contributed by atoms with Gasteiger partial charge in [-0.25, -0.2) is 4.79 Å². The maximum absolute atomic E-state index is 11.4. The van der Waals surface area contributed by atoms with Crippen molar-refractivity contribution in [3.63, 3.8) is 0 Å². The molecule has 0 amide bonds. The fourth-order valence-corrected chi connectivity index (χ4v) is 1.73. The first-order chi connectivity index (χ1) is 7.61. The quantitative estimate of drug-likeness (QED) is 0.738. The van der Waals surface area contributed by atoms with Crippen LogP contribution in [-0.4, -0.2) is 27.4 Å². The Morgan fingerprint density at radius 3 is 2.88 bits per heavy atom. The molecule has 0 unspecified atom stereocenters. The van der Waals surface area contributed by atoms with Crippen LogP contribution in [0.15, 0.2) is 33.0 Å². The van der Waals surface area contributed by atoms with Crippen LogP contribution >= 0.6 is 11.6 Å². The normalized spacial score (nSPS) is 24.5. The zero-order chi connectivity index (χ0) is 11.7. The van der Waals surface area contributed by atoms with Crippen molar-refractivity contribution in [3.05, 3.63) is 44.2 Å². The Bertz CT molecular complexity index is 533. The van der Waals surface area contributed by atoms with Gasteiger partial charge in [-0.2, -0.15) is 0 Å². The summed E-state index contributed by atoms with van der Waals surface area (Å²) >= 11 is 5.87. The van der Waals surface area contributed by atoms with E-state index in [0.717, 1.165) is 4.57 Å². The van der Waals surface area contributed by atoms with Gasteiger partial charge in [0.15, 0.2) is 6.23 Å². The van der Waals surface area contributed by atoms with Crippen LogP contribution in [0.1, 0.15) is 6.23 Å². The number of hydrogen-bond donors (Lipinski definition) is 2. The Morgan fingerprint density at radius 1 is 1.56 bits per heavy atom. The summed E-state index contributed by atoms with van der Waals surface area (Å²) in [5.74, 6) is 0. The highest BCUT2D eigenvalue weighted by Crippen LogP contribution is 2.29. The largest absolute Gasteiger partial charge is 0.393 e. The van der Waals surface area contributed by atoms with Crippen molar-refractivity contribution in [2.24, 2.45) is 0 Å². The van der Waals surface area contributed by atoms with Crippen LogP contribution in [0.5, 0.6) is 0 Å². The summed E-state index contributed by atoms with van der Waals surface area (Å²) < 4.78 is 6.44. The fourth-order valence-electron chi connectivity index (χ4n) is 1.44. The molecule has 7 heteroatoms. The number of rotatable bonds is 2. The minimum Gasteiger partial charge on any atom is -0.393 e. The van der Waals surface area contributed by atoms with E-state index < -0.39 is 23.6 Å². The number of aliphatic hydroxyl groups is 1. The average molecular weight is 245 g/mol. The molecule has 1 aromatic rings. The number of H-pyrrole nitrogens is 1. The van der Waals surface area contributed by atoms with Crippen molar-refractivity contribution < 1.29 is 9.84 Å². The van der Waals surface area contributed by atoms with Gasteiger partial charge >= 0.3 is 5.69 Å². The third kappa shape index (κ3) is 1.95. The van der Waals surface area contributed by atoms with Gasteiger partial charge in [0, 0.05) is 12.3 Å². The third-order valence-electron chi connectivity index (χ3n) is 2.17. The molecule has 1 aliphatic rings. The molecule has 2 heterocycles. The van der Waals surface area contributed by atoms with Crippen LogP contribution in [0.3, 0.4) is 0 Å². The summed E-state index contributed by atoms with van der Waals surface area (Å²) in [4.78, 5) is 24.4. The fraction of sp³-hybridized carbons (Fsp3) is 0.333. The van der Waals surface area contributed by atoms with Crippen molar-refractivity contribution in [3.8, 4) is 0 Å². The molecule has 0 aromatic carbocycles. The second-order valence-electron chi connectivity index (χ2n) is 3.28. The van der Waals surface area contributed by atoms with Gasteiger partial charge < -0.3 is 9.84 Å². The summed E-state index contributed by atoms with van der Waals surface area (Å²) in [5, 5.41) is 9.19. The molecule has 0 saturated carbocycles. The molecule has 0 radical (unpaired) electrons. The number of aromatic amines is 1. The van der Waals surface area contributed by atoms with Crippen molar-refractivity contribution in [2.75, 3.05) is 6.61 Å². The molecular formula is C9H9ClN2O4. The van der Waals surface area contributed by atoms with Gasteiger partial charge in [0.2, 0.25) is 0 Å². The summed E-state index contributed by atoms with van der Waals surface area (Å²) in [5.41, 5.74) is -1.10. The SMILES string of the molecule is O=c1ccn([C@@H]2O[C@H](CO)C=C2Cl)c(=O)[nH]1. The van der Waals surface area contributed by atoms with Gasteiger partial charge in [0.1, 0.15) is 6.10 Å². The van der Waals surface area contributed by atoms with Crippen LogP contribution in [-0.2, 0) is 4.74 Å². The summed E-state index contributed by atoms with van der Waals surface area (Å²) in [7, 11) is 0. The molecule has 0 bridgehead atoms. The number of hydrogen-bond acceptors (Lipinski definition) is 4. The van der Waals surface area contributed by atoms with E-state index in [1.165, 1.54) is 18.3 Å². The molecule has 2 atom stereocenters.